The Morgan fingerprint density at radius 3 is 2.75 bits per heavy atom. The molecule has 0 unspecified atom stereocenters. The van der Waals surface area contributed by atoms with Crippen molar-refractivity contribution >= 4 is 43.9 Å². The number of likely N-dealkylation sites (N-methyl/N-ethyl adjacent to an activating group) is 1. The number of fused-ring (bicyclic) bond motifs is 2. The van der Waals surface area contributed by atoms with Crippen molar-refractivity contribution in [2.24, 2.45) is 0 Å². The molecule has 0 aliphatic carbocycles. The highest BCUT2D eigenvalue weighted by atomic mass is 32.2. The van der Waals surface area contributed by atoms with Crippen LogP contribution in [0, 0.1) is 0 Å². The minimum atomic E-state index is -3.78. The van der Waals surface area contributed by atoms with E-state index in [1.807, 2.05) is 7.05 Å². The van der Waals surface area contributed by atoms with Crippen molar-refractivity contribution in [1.29, 1.82) is 0 Å². The fraction of sp³-hybridized carbons (Fsp3) is 0.400. The minimum absolute atomic E-state index is 0.0483. The summed E-state index contributed by atoms with van der Waals surface area (Å²) in [6, 6.07) is 4.64. The summed E-state index contributed by atoms with van der Waals surface area (Å²) in [4.78, 5) is 28.4. The van der Waals surface area contributed by atoms with Gasteiger partial charge in [0.2, 0.25) is 22.7 Å². The summed E-state index contributed by atoms with van der Waals surface area (Å²) in [6.07, 6.45) is 1.68. The molecule has 1 N–H and O–H groups in total. The van der Waals surface area contributed by atoms with Gasteiger partial charge in [-0.15, -0.1) is 11.3 Å². The molecule has 12 heteroatoms. The summed E-state index contributed by atoms with van der Waals surface area (Å²) in [5.74, 6) is -0.202. The number of amides is 1. The van der Waals surface area contributed by atoms with Gasteiger partial charge in [-0.25, -0.2) is 13.2 Å². The van der Waals surface area contributed by atoms with Gasteiger partial charge in [-0.1, -0.05) is 0 Å². The monoisotopic (exact) mass is 481 g/mol. The average molecular weight is 482 g/mol. The van der Waals surface area contributed by atoms with Crippen LogP contribution in [-0.2, 0) is 32.5 Å². The molecule has 1 amide bonds. The van der Waals surface area contributed by atoms with Crippen LogP contribution in [0.5, 0.6) is 11.5 Å². The average Bonchev–Trinajstić information content (AvgIpc) is 3.33. The van der Waals surface area contributed by atoms with Crippen LogP contribution in [-0.4, -0.2) is 65.5 Å². The quantitative estimate of drug-likeness (QED) is 0.620. The van der Waals surface area contributed by atoms with E-state index >= 15 is 0 Å². The van der Waals surface area contributed by atoms with Crippen LogP contribution in [0.3, 0.4) is 0 Å². The fourth-order valence-electron chi connectivity index (χ4n) is 3.67. The Kier molecular flexibility index (Phi) is 6.01. The molecule has 32 heavy (non-hydrogen) atoms. The SMILES string of the molecule is COC(=O)c1c(NC(=O)CN(c2ccc3c(c2)OCO3)S(C)(=O)=O)sc2c1CCN(C)C2. The number of carbonyl (C=O) groups excluding carboxylic acids is 2. The molecule has 2 aliphatic heterocycles. The summed E-state index contributed by atoms with van der Waals surface area (Å²) in [5.41, 5.74) is 1.47. The topological polar surface area (TPSA) is 114 Å². The van der Waals surface area contributed by atoms with Crippen LogP contribution in [0.1, 0.15) is 20.8 Å². The van der Waals surface area contributed by atoms with Gasteiger partial charge in [-0.05, 0) is 31.2 Å². The Morgan fingerprint density at radius 2 is 2.03 bits per heavy atom. The first kappa shape index (κ1) is 22.4. The number of carbonyl (C=O) groups is 2. The van der Waals surface area contributed by atoms with Crippen LogP contribution in [0.25, 0.3) is 0 Å². The molecule has 4 rings (SSSR count). The number of hydrogen-bond donors (Lipinski definition) is 1. The van der Waals surface area contributed by atoms with Gasteiger partial charge in [-0.2, -0.15) is 0 Å². The van der Waals surface area contributed by atoms with E-state index in [0.29, 0.717) is 35.0 Å². The van der Waals surface area contributed by atoms with Crippen molar-refractivity contribution in [1.82, 2.24) is 4.90 Å². The Hall–Kier alpha value is -2.83. The summed E-state index contributed by atoms with van der Waals surface area (Å²) in [5, 5.41) is 3.08. The molecule has 1 aromatic carbocycles. The van der Waals surface area contributed by atoms with Gasteiger partial charge in [0.15, 0.2) is 11.5 Å². The maximum absolute atomic E-state index is 12.9. The van der Waals surface area contributed by atoms with E-state index in [0.717, 1.165) is 27.5 Å². The van der Waals surface area contributed by atoms with Gasteiger partial charge in [0.25, 0.3) is 0 Å². The number of esters is 1. The van der Waals surface area contributed by atoms with Gasteiger partial charge in [-0.3, -0.25) is 9.10 Å². The lowest BCUT2D eigenvalue weighted by Gasteiger charge is -2.22. The number of methoxy groups -OCH3 is 1. The van der Waals surface area contributed by atoms with Gasteiger partial charge in [0.1, 0.15) is 11.5 Å². The molecule has 10 nitrogen and oxygen atoms in total. The number of sulfonamides is 1. The van der Waals surface area contributed by atoms with Crippen LogP contribution in [0.4, 0.5) is 10.7 Å². The summed E-state index contributed by atoms with van der Waals surface area (Å²) >= 11 is 1.31. The first-order valence-corrected chi connectivity index (χ1v) is 12.4. The van der Waals surface area contributed by atoms with Crippen molar-refractivity contribution in [2.45, 2.75) is 13.0 Å². The number of ether oxygens (including phenoxy) is 3. The van der Waals surface area contributed by atoms with E-state index < -0.39 is 28.4 Å². The molecule has 2 aliphatic rings. The third-order valence-electron chi connectivity index (χ3n) is 5.22. The molecule has 0 saturated carbocycles. The van der Waals surface area contributed by atoms with E-state index in [1.54, 1.807) is 12.1 Å². The molecular formula is C20H23N3O7S2. The molecule has 0 bridgehead atoms. The van der Waals surface area contributed by atoms with Crippen LogP contribution < -0.4 is 19.1 Å². The van der Waals surface area contributed by atoms with E-state index in [2.05, 4.69) is 10.2 Å². The lowest BCUT2D eigenvalue weighted by Crippen LogP contribution is -2.37. The molecule has 0 radical (unpaired) electrons. The molecule has 172 valence electrons. The van der Waals surface area contributed by atoms with Crippen molar-refractivity contribution in [2.75, 3.05) is 49.9 Å². The fourth-order valence-corrected chi connectivity index (χ4v) is 5.85. The van der Waals surface area contributed by atoms with Crippen molar-refractivity contribution < 1.29 is 32.2 Å². The minimum Gasteiger partial charge on any atom is -0.465 e. The molecule has 2 aromatic rings. The number of nitrogens with zero attached hydrogens (tertiary/aromatic N) is 2. The Morgan fingerprint density at radius 1 is 1.28 bits per heavy atom. The second kappa shape index (κ2) is 8.60. The predicted molar refractivity (Wildman–Crippen MR) is 119 cm³/mol. The third-order valence-corrected chi connectivity index (χ3v) is 7.49. The number of rotatable bonds is 6. The lowest BCUT2D eigenvalue weighted by molar-refractivity contribution is -0.114. The van der Waals surface area contributed by atoms with E-state index in [1.165, 1.54) is 24.5 Å². The molecular weight excluding hydrogens is 458 g/mol. The van der Waals surface area contributed by atoms with Crippen LogP contribution >= 0.6 is 11.3 Å². The van der Waals surface area contributed by atoms with Crippen molar-refractivity contribution in [3.05, 3.63) is 34.2 Å². The third kappa shape index (κ3) is 4.38. The number of hydrogen-bond acceptors (Lipinski definition) is 9. The second-order valence-corrected chi connectivity index (χ2v) is 10.6. The normalized spacial score (nSPS) is 15.2. The van der Waals surface area contributed by atoms with Gasteiger partial charge < -0.3 is 24.4 Å². The lowest BCUT2D eigenvalue weighted by atomic mass is 10.0. The number of benzene rings is 1. The zero-order valence-electron chi connectivity index (χ0n) is 17.8. The maximum atomic E-state index is 12.9. The summed E-state index contributed by atoms with van der Waals surface area (Å²) in [6.45, 7) is 1.02. The van der Waals surface area contributed by atoms with E-state index in [9.17, 15) is 18.0 Å². The van der Waals surface area contributed by atoms with Crippen LogP contribution in [0.2, 0.25) is 0 Å². The molecule has 0 fully saturated rings. The number of anilines is 2. The van der Waals surface area contributed by atoms with Crippen molar-refractivity contribution in [3.63, 3.8) is 0 Å². The highest BCUT2D eigenvalue weighted by Gasteiger charge is 2.30. The molecule has 3 heterocycles. The first-order chi connectivity index (χ1) is 15.2. The first-order valence-electron chi connectivity index (χ1n) is 9.76. The predicted octanol–water partition coefficient (Wildman–Crippen LogP) is 1.66. The largest absolute Gasteiger partial charge is 0.465 e. The zero-order chi connectivity index (χ0) is 23.0. The molecule has 0 spiro atoms. The van der Waals surface area contributed by atoms with Crippen molar-refractivity contribution in [3.8, 4) is 11.5 Å². The highest BCUT2D eigenvalue weighted by Crippen LogP contribution is 2.38. The smallest absolute Gasteiger partial charge is 0.341 e. The van der Waals surface area contributed by atoms with Gasteiger partial charge >= 0.3 is 5.97 Å². The van der Waals surface area contributed by atoms with Gasteiger partial charge in [0, 0.05) is 24.0 Å². The maximum Gasteiger partial charge on any atom is 0.341 e. The standard InChI is InChI=1S/C20H23N3O7S2/c1-22-7-6-13-16(9-22)31-19(18(13)20(25)28-2)21-17(24)10-23(32(3,26)27)12-4-5-14-15(8-12)30-11-29-14/h4-5,8H,6-7,9-11H2,1-3H3,(H,21,24). The zero-order valence-corrected chi connectivity index (χ0v) is 19.5. The molecule has 0 saturated heterocycles. The van der Waals surface area contributed by atoms with Gasteiger partial charge in [0.05, 0.1) is 24.6 Å². The second-order valence-electron chi connectivity index (χ2n) is 7.54. The molecule has 1 aromatic heterocycles. The Balaban J connectivity index is 1.60. The number of nitrogens with one attached hydrogen (secondary N) is 1. The van der Waals surface area contributed by atoms with E-state index in [-0.39, 0.29) is 12.5 Å². The summed E-state index contributed by atoms with van der Waals surface area (Å²) < 4.78 is 41.3. The highest BCUT2D eigenvalue weighted by molar-refractivity contribution is 7.92. The Labute approximate surface area is 189 Å². The Bertz CT molecular complexity index is 1180. The summed E-state index contributed by atoms with van der Waals surface area (Å²) in [7, 11) is -0.512. The van der Waals surface area contributed by atoms with E-state index in [4.69, 9.17) is 14.2 Å². The number of thiophene rings is 1. The molecule has 0 atom stereocenters. The van der Waals surface area contributed by atoms with Crippen LogP contribution in [0.15, 0.2) is 18.2 Å².